The molecule has 0 saturated carbocycles. The van der Waals surface area contributed by atoms with E-state index in [4.69, 9.17) is 22.1 Å². The first-order valence-electron chi connectivity index (χ1n) is 10.3. The monoisotopic (exact) mass is 409 g/mol. The van der Waals surface area contributed by atoms with Gasteiger partial charge < -0.3 is 15.6 Å². The Morgan fingerprint density at radius 2 is 2.00 bits per heavy atom. The van der Waals surface area contributed by atoms with Crippen LogP contribution in [0.2, 0.25) is 5.02 Å². The van der Waals surface area contributed by atoms with Gasteiger partial charge in [0.25, 0.3) is 0 Å². The molecule has 158 valence electrons. The quantitative estimate of drug-likeness (QED) is 0.257. The Bertz CT molecular complexity index is 659. The van der Waals surface area contributed by atoms with Crippen molar-refractivity contribution in [3.63, 3.8) is 0 Å². The number of Topliss-reactive ketones (excluding diaryl/α,β-unsaturated/α-hetero) is 1. The van der Waals surface area contributed by atoms with E-state index in [1.807, 2.05) is 13.0 Å². The summed E-state index contributed by atoms with van der Waals surface area (Å²) in [6.07, 6.45) is 4.32. The summed E-state index contributed by atoms with van der Waals surface area (Å²) in [6, 6.07) is 3.70. The molecule has 0 radical (unpaired) electrons. The maximum Gasteiger partial charge on any atom is 0.177 e. The van der Waals surface area contributed by atoms with Crippen molar-refractivity contribution in [3.05, 3.63) is 40.4 Å². The maximum absolute atomic E-state index is 12.1. The molecule has 5 heteroatoms. The Kier molecular flexibility index (Phi) is 10.8. The van der Waals surface area contributed by atoms with Crippen LogP contribution in [0, 0.1) is 5.92 Å². The number of aliphatic hydroxyl groups excluding tert-OH is 1. The van der Waals surface area contributed by atoms with E-state index in [-0.39, 0.29) is 5.78 Å². The largest absolute Gasteiger partial charge is 0.397 e. The van der Waals surface area contributed by atoms with Crippen LogP contribution in [0.3, 0.4) is 0 Å². The third-order valence-corrected chi connectivity index (χ3v) is 5.46. The number of aliphatic hydroxyl groups is 1. The molecule has 0 bridgehead atoms. The lowest BCUT2D eigenvalue weighted by atomic mass is 9.97. The molecule has 0 amide bonds. The molecule has 0 saturated heterocycles. The van der Waals surface area contributed by atoms with Gasteiger partial charge in [-0.25, -0.2) is 0 Å². The second-order valence-electron chi connectivity index (χ2n) is 7.74. The summed E-state index contributed by atoms with van der Waals surface area (Å²) in [7, 11) is 0. The molecule has 3 N–H and O–H groups in total. The number of carbonyl (C=O) groups excluding carboxylic acids is 1. The number of aryl methyl sites for hydroxylation is 1. The first kappa shape index (κ1) is 24.7. The number of benzene rings is 1. The summed E-state index contributed by atoms with van der Waals surface area (Å²) in [5, 5.41) is 10.8. The summed E-state index contributed by atoms with van der Waals surface area (Å²) >= 11 is 6.21. The molecule has 0 aliphatic rings. The highest BCUT2D eigenvalue weighted by molar-refractivity contribution is 6.33. The number of hydrogen-bond donors (Lipinski definition) is 2. The van der Waals surface area contributed by atoms with E-state index in [0.717, 1.165) is 30.4 Å². The number of ether oxygens (including phenoxy) is 1. The molecular weight excluding hydrogens is 374 g/mol. The number of nitrogens with two attached hydrogens (primary N) is 1. The van der Waals surface area contributed by atoms with E-state index >= 15 is 0 Å². The van der Waals surface area contributed by atoms with Crippen LogP contribution < -0.4 is 5.73 Å². The lowest BCUT2D eigenvalue weighted by molar-refractivity contribution is -0.148. The average molecular weight is 410 g/mol. The van der Waals surface area contributed by atoms with Crippen molar-refractivity contribution in [1.82, 2.24) is 0 Å². The standard InChI is InChI=1S/C23H36ClNO3/c1-6-9-15(3)10-8-11-16(4)23(27)28-21(17(5)26)14-18-12-19(7-2)22(25)20(24)13-18/h12-13,15,21,23,27H,4,6-11,14,25H2,1-3,5H3/t15?,21-,23?/m1/s1. The fourth-order valence-corrected chi connectivity index (χ4v) is 3.60. The second kappa shape index (κ2) is 12.3. The van der Waals surface area contributed by atoms with Gasteiger partial charge in [0.1, 0.15) is 6.10 Å². The number of rotatable bonds is 13. The second-order valence-corrected chi connectivity index (χ2v) is 8.15. The van der Waals surface area contributed by atoms with Crippen LogP contribution >= 0.6 is 11.6 Å². The zero-order valence-corrected chi connectivity index (χ0v) is 18.5. The molecule has 3 atom stereocenters. The highest BCUT2D eigenvalue weighted by Crippen LogP contribution is 2.27. The molecule has 1 aromatic carbocycles. The van der Waals surface area contributed by atoms with Crippen molar-refractivity contribution < 1.29 is 14.6 Å². The minimum absolute atomic E-state index is 0.144. The van der Waals surface area contributed by atoms with Gasteiger partial charge >= 0.3 is 0 Å². The SMILES string of the molecule is C=C(CCCC(C)CCC)C(O)O[C@H](Cc1cc(Cl)c(N)c(CC)c1)C(C)=O. The predicted octanol–water partition coefficient (Wildman–Crippen LogP) is 5.48. The number of nitrogen functional groups attached to an aromatic ring is 1. The van der Waals surface area contributed by atoms with Crippen molar-refractivity contribution in [1.29, 1.82) is 0 Å². The van der Waals surface area contributed by atoms with Gasteiger partial charge in [0.2, 0.25) is 0 Å². The van der Waals surface area contributed by atoms with Crippen LogP contribution in [0.15, 0.2) is 24.3 Å². The van der Waals surface area contributed by atoms with Gasteiger partial charge in [-0.15, -0.1) is 0 Å². The van der Waals surface area contributed by atoms with Crippen LogP contribution in [0.1, 0.15) is 70.9 Å². The van der Waals surface area contributed by atoms with Gasteiger partial charge in [-0.1, -0.05) is 64.3 Å². The lowest BCUT2D eigenvalue weighted by Crippen LogP contribution is -2.31. The van der Waals surface area contributed by atoms with Crippen molar-refractivity contribution in [3.8, 4) is 0 Å². The molecule has 28 heavy (non-hydrogen) atoms. The van der Waals surface area contributed by atoms with E-state index < -0.39 is 12.4 Å². The van der Waals surface area contributed by atoms with Gasteiger partial charge in [0.15, 0.2) is 12.1 Å². The third-order valence-electron chi connectivity index (χ3n) is 5.15. The van der Waals surface area contributed by atoms with E-state index in [9.17, 15) is 9.90 Å². The van der Waals surface area contributed by atoms with E-state index in [1.165, 1.54) is 19.8 Å². The van der Waals surface area contributed by atoms with Crippen molar-refractivity contribution in [2.24, 2.45) is 5.92 Å². The Hall–Kier alpha value is -1.36. The lowest BCUT2D eigenvalue weighted by Gasteiger charge is -2.22. The van der Waals surface area contributed by atoms with Gasteiger partial charge in [-0.3, -0.25) is 4.79 Å². The molecule has 0 fully saturated rings. The Balaban J connectivity index is 2.68. The van der Waals surface area contributed by atoms with Crippen molar-refractivity contribution in [2.75, 3.05) is 5.73 Å². The van der Waals surface area contributed by atoms with Crippen LogP contribution in [-0.4, -0.2) is 23.3 Å². The number of carbonyl (C=O) groups is 1. The Morgan fingerprint density at radius 1 is 1.32 bits per heavy atom. The fraction of sp³-hybridized carbons (Fsp3) is 0.609. The van der Waals surface area contributed by atoms with Gasteiger partial charge in [-0.2, -0.15) is 0 Å². The van der Waals surface area contributed by atoms with Crippen LogP contribution in [0.25, 0.3) is 0 Å². The Labute approximate surface area is 175 Å². The van der Waals surface area contributed by atoms with Crippen molar-refractivity contribution >= 4 is 23.1 Å². The highest BCUT2D eigenvalue weighted by Gasteiger charge is 2.22. The minimum Gasteiger partial charge on any atom is -0.397 e. The van der Waals surface area contributed by atoms with Crippen LogP contribution in [0.5, 0.6) is 0 Å². The summed E-state index contributed by atoms with van der Waals surface area (Å²) < 4.78 is 5.66. The first-order valence-corrected chi connectivity index (χ1v) is 10.7. The van der Waals surface area contributed by atoms with Crippen LogP contribution in [-0.2, 0) is 22.4 Å². The minimum atomic E-state index is -1.15. The smallest absolute Gasteiger partial charge is 0.177 e. The number of hydrogen-bond acceptors (Lipinski definition) is 4. The fourth-order valence-electron chi connectivity index (χ4n) is 3.34. The van der Waals surface area contributed by atoms with E-state index in [0.29, 0.717) is 35.0 Å². The molecular formula is C23H36ClNO3. The molecule has 1 aromatic rings. The summed E-state index contributed by atoms with van der Waals surface area (Å²) in [5.74, 6) is 0.526. The predicted molar refractivity (Wildman–Crippen MR) is 118 cm³/mol. The molecule has 2 unspecified atom stereocenters. The average Bonchev–Trinajstić information content (AvgIpc) is 2.63. The highest BCUT2D eigenvalue weighted by atomic mass is 35.5. The molecule has 4 nitrogen and oxygen atoms in total. The topological polar surface area (TPSA) is 72.6 Å². The summed E-state index contributed by atoms with van der Waals surface area (Å²) in [4.78, 5) is 12.1. The first-order chi connectivity index (χ1) is 13.2. The van der Waals surface area contributed by atoms with Gasteiger partial charge in [-0.05, 0) is 54.9 Å². The third kappa shape index (κ3) is 7.94. The molecule has 0 aliphatic heterocycles. The van der Waals surface area contributed by atoms with Crippen LogP contribution in [0.4, 0.5) is 5.69 Å². The molecule has 1 rings (SSSR count). The number of anilines is 1. The van der Waals surface area contributed by atoms with Gasteiger partial charge in [0, 0.05) is 6.42 Å². The normalized spacial score (nSPS) is 14.5. The summed E-state index contributed by atoms with van der Waals surface area (Å²) in [6.45, 7) is 11.8. The zero-order chi connectivity index (χ0) is 21.3. The number of ketones is 1. The molecule has 0 spiro atoms. The van der Waals surface area contributed by atoms with Crippen molar-refractivity contribution in [2.45, 2.75) is 85.0 Å². The molecule has 0 aliphatic carbocycles. The summed E-state index contributed by atoms with van der Waals surface area (Å²) in [5.41, 5.74) is 8.96. The van der Waals surface area contributed by atoms with E-state index in [1.54, 1.807) is 6.07 Å². The zero-order valence-electron chi connectivity index (χ0n) is 17.8. The van der Waals surface area contributed by atoms with E-state index in [2.05, 4.69) is 20.4 Å². The maximum atomic E-state index is 12.1. The Morgan fingerprint density at radius 3 is 2.57 bits per heavy atom. The molecule has 0 aromatic heterocycles. The number of halogens is 1. The van der Waals surface area contributed by atoms with Gasteiger partial charge in [0.05, 0.1) is 10.7 Å². The molecule has 0 heterocycles.